The molecule has 0 atom stereocenters. The molecule has 22 heavy (non-hydrogen) atoms. The summed E-state index contributed by atoms with van der Waals surface area (Å²) >= 11 is 1.80. The number of nitrogens with zero attached hydrogens (tertiary/aromatic N) is 2. The van der Waals surface area contributed by atoms with Crippen LogP contribution in [0.3, 0.4) is 0 Å². The Morgan fingerprint density at radius 1 is 1.18 bits per heavy atom. The first-order valence-corrected chi connectivity index (χ1v) is 8.12. The average Bonchev–Trinajstić information content (AvgIpc) is 3.08. The van der Waals surface area contributed by atoms with Crippen molar-refractivity contribution in [2.45, 2.75) is 26.3 Å². The Morgan fingerprint density at radius 2 is 2.05 bits per heavy atom. The second-order valence-corrected chi connectivity index (χ2v) is 7.20. The Labute approximate surface area is 132 Å². The van der Waals surface area contributed by atoms with Crippen molar-refractivity contribution in [1.29, 1.82) is 0 Å². The van der Waals surface area contributed by atoms with Crippen molar-refractivity contribution in [1.82, 2.24) is 4.98 Å². The minimum atomic E-state index is -0.140. The van der Waals surface area contributed by atoms with Crippen molar-refractivity contribution in [3.05, 3.63) is 59.7 Å². The van der Waals surface area contributed by atoms with Gasteiger partial charge in [0.25, 0.3) is 0 Å². The smallest absolute Gasteiger partial charge is 0.213 e. The molecule has 3 nitrogen and oxygen atoms in total. The molecule has 0 aromatic carbocycles. The van der Waals surface area contributed by atoms with Crippen LogP contribution in [0, 0.1) is 6.92 Å². The van der Waals surface area contributed by atoms with E-state index in [1.165, 1.54) is 15.0 Å². The first-order chi connectivity index (χ1) is 10.5. The molecule has 4 rings (SSSR count). The van der Waals surface area contributed by atoms with E-state index in [0.717, 1.165) is 16.7 Å². The van der Waals surface area contributed by atoms with E-state index in [9.17, 15) is 0 Å². The molecule has 0 aliphatic carbocycles. The molecule has 0 saturated carbocycles. The predicted octanol–water partition coefficient (Wildman–Crippen LogP) is 4.42. The highest BCUT2D eigenvalue weighted by molar-refractivity contribution is 7.19. The van der Waals surface area contributed by atoms with Crippen molar-refractivity contribution in [3.8, 4) is 0 Å². The molecule has 0 bridgehead atoms. The summed E-state index contributed by atoms with van der Waals surface area (Å²) in [6.07, 6.45) is 7.99. The molecule has 0 fully saturated rings. The van der Waals surface area contributed by atoms with Gasteiger partial charge in [0.05, 0.1) is 9.58 Å². The van der Waals surface area contributed by atoms with Crippen LogP contribution in [0.1, 0.15) is 24.5 Å². The van der Waals surface area contributed by atoms with Crippen LogP contribution in [0.5, 0.6) is 0 Å². The van der Waals surface area contributed by atoms with Gasteiger partial charge in [0.15, 0.2) is 17.3 Å². The van der Waals surface area contributed by atoms with Gasteiger partial charge in [-0.2, -0.15) is 4.57 Å². The molecule has 0 N–H and O–H groups in total. The highest BCUT2D eigenvalue weighted by Crippen LogP contribution is 2.32. The van der Waals surface area contributed by atoms with Crippen molar-refractivity contribution in [3.63, 3.8) is 0 Å². The first-order valence-electron chi connectivity index (χ1n) is 7.30. The molecular formula is C18H17N2OS+. The molecule has 110 valence electrons. The molecule has 4 heterocycles. The third-order valence-electron chi connectivity index (χ3n) is 4.16. The third kappa shape index (κ3) is 2.03. The van der Waals surface area contributed by atoms with Crippen LogP contribution >= 0.6 is 11.3 Å². The highest BCUT2D eigenvalue weighted by Gasteiger charge is 2.33. The largest absolute Gasteiger partial charge is 0.455 e. The first kappa shape index (κ1) is 13.5. The molecule has 0 spiro atoms. The molecule has 0 radical (unpaired) electrons. The zero-order valence-corrected chi connectivity index (χ0v) is 13.6. The fourth-order valence-electron chi connectivity index (χ4n) is 2.77. The summed E-state index contributed by atoms with van der Waals surface area (Å²) < 4.78 is 9.21. The van der Waals surface area contributed by atoms with Gasteiger partial charge in [-0.05, 0) is 30.5 Å². The lowest BCUT2D eigenvalue weighted by molar-refractivity contribution is -0.745. The number of aromatic nitrogens is 2. The lowest BCUT2D eigenvalue weighted by Gasteiger charge is -2.17. The van der Waals surface area contributed by atoms with Gasteiger partial charge in [0.1, 0.15) is 5.76 Å². The normalized spacial score (nSPS) is 12.3. The van der Waals surface area contributed by atoms with Gasteiger partial charge >= 0.3 is 0 Å². The summed E-state index contributed by atoms with van der Waals surface area (Å²) in [5, 5.41) is 2.39. The Hall–Kier alpha value is -2.20. The number of thiophene rings is 1. The maximum atomic E-state index is 5.77. The van der Waals surface area contributed by atoms with E-state index in [-0.39, 0.29) is 5.54 Å². The maximum absolute atomic E-state index is 5.77. The zero-order chi connectivity index (χ0) is 15.3. The van der Waals surface area contributed by atoms with Crippen LogP contribution in [-0.4, -0.2) is 4.98 Å². The lowest BCUT2D eigenvalue weighted by atomic mass is 10.0. The van der Waals surface area contributed by atoms with Gasteiger partial charge in [-0.15, -0.1) is 11.3 Å². The number of hydrogen-bond donors (Lipinski definition) is 0. The maximum Gasteiger partial charge on any atom is 0.213 e. The number of furan rings is 1. The van der Waals surface area contributed by atoms with Gasteiger partial charge in [0.2, 0.25) is 6.20 Å². The lowest BCUT2D eigenvalue weighted by Crippen LogP contribution is -2.51. The van der Waals surface area contributed by atoms with Crippen molar-refractivity contribution in [2.75, 3.05) is 0 Å². The molecular weight excluding hydrogens is 292 g/mol. The van der Waals surface area contributed by atoms with E-state index in [0.29, 0.717) is 0 Å². The Balaban J connectivity index is 1.86. The summed E-state index contributed by atoms with van der Waals surface area (Å²) in [5.41, 5.74) is 0.786. The van der Waals surface area contributed by atoms with Gasteiger partial charge in [-0.25, -0.2) is 0 Å². The third-order valence-corrected chi connectivity index (χ3v) is 5.56. The Kier molecular flexibility index (Phi) is 2.84. The molecule has 4 heteroatoms. The minimum Gasteiger partial charge on any atom is -0.455 e. The van der Waals surface area contributed by atoms with E-state index >= 15 is 0 Å². The van der Waals surface area contributed by atoms with Gasteiger partial charge in [0, 0.05) is 37.7 Å². The molecule has 0 unspecified atom stereocenters. The summed E-state index contributed by atoms with van der Waals surface area (Å²) in [7, 11) is 0. The molecule has 0 saturated heterocycles. The molecule has 4 aromatic heterocycles. The monoisotopic (exact) mass is 309 g/mol. The van der Waals surface area contributed by atoms with Crippen molar-refractivity contribution < 1.29 is 8.98 Å². The van der Waals surface area contributed by atoms with Gasteiger partial charge in [-0.1, -0.05) is 0 Å². The van der Waals surface area contributed by atoms with Crippen LogP contribution in [0.4, 0.5) is 0 Å². The second-order valence-electron chi connectivity index (χ2n) is 6.11. The Morgan fingerprint density at radius 3 is 2.86 bits per heavy atom. The number of pyridine rings is 2. The zero-order valence-electron chi connectivity index (χ0n) is 12.8. The van der Waals surface area contributed by atoms with Crippen LogP contribution in [0.15, 0.2) is 53.5 Å². The number of fused-ring (bicyclic) bond motifs is 2. The van der Waals surface area contributed by atoms with E-state index in [1.807, 2.05) is 19.3 Å². The van der Waals surface area contributed by atoms with Crippen LogP contribution in [0.2, 0.25) is 0 Å². The number of aryl methyl sites for hydroxylation is 1. The van der Waals surface area contributed by atoms with Crippen molar-refractivity contribution >= 4 is 32.4 Å². The Bertz CT molecular complexity index is 948. The molecule has 4 aromatic rings. The topological polar surface area (TPSA) is 29.9 Å². The van der Waals surface area contributed by atoms with Crippen LogP contribution in [-0.2, 0) is 5.54 Å². The quantitative estimate of drug-likeness (QED) is 0.513. The molecule has 0 amide bonds. The summed E-state index contributed by atoms with van der Waals surface area (Å²) in [6, 6.07) is 8.50. The fraction of sp³-hybridized carbons (Fsp3) is 0.222. The molecule has 0 aliphatic heterocycles. The summed E-state index contributed by atoms with van der Waals surface area (Å²) in [5.74, 6) is 0.943. The van der Waals surface area contributed by atoms with Gasteiger partial charge < -0.3 is 4.42 Å². The van der Waals surface area contributed by atoms with Crippen molar-refractivity contribution in [2.24, 2.45) is 0 Å². The highest BCUT2D eigenvalue weighted by atomic mass is 32.1. The van der Waals surface area contributed by atoms with E-state index in [2.05, 4.69) is 60.1 Å². The van der Waals surface area contributed by atoms with Gasteiger partial charge in [-0.3, -0.25) is 4.98 Å². The number of rotatable bonds is 2. The average molecular weight is 309 g/mol. The minimum absolute atomic E-state index is 0.140. The standard InChI is InChI=1S/C18H17N2OS/c1-12-8-13-5-7-20(11-15(13)21-12)18(2,3)17-9-14-4-6-19-10-16(14)22-17/h4-11H,1-3H3/q+1. The SMILES string of the molecule is Cc1cc2cc[n+](C(C)(C)c3cc4ccncc4s3)cc2o1. The van der Waals surface area contributed by atoms with E-state index < -0.39 is 0 Å². The second kappa shape index (κ2) is 4.65. The fourth-order valence-corrected chi connectivity index (χ4v) is 3.91. The summed E-state index contributed by atoms with van der Waals surface area (Å²) in [6.45, 7) is 6.44. The molecule has 0 aliphatic rings. The predicted molar refractivity (Wildman–Crippen MR) is 89.2 cm³/mol. The number of hydrogen-bond acceptors (Lipinski definition) is 3. The van der Waals surface area contributed by atoms with E-state index in [4.69, 9.17) is 4.42 Å². The van der Waals surface area contributed by atoms with Crippen LogP contribution < -0.4 is 4.57 Å². The van der Waals surface area contributed by atoms with Crippen LogP contribution in [0.25, 0.3) is 21.1 Å². The summed E-state index contributed by atoms with van der Waals surface area (Å²) in [4.78, 5) is 5.52. The van der Waals surface area contributed by atoms with E-state index in [1.54, 1.807) is 11.3 Å².